The van der Waals surface area contributed by atoms with Crippen LogP contribution in [0.3, 0.4) is 0 Å². The third-order valence-corrected chi connectivity index (χ3v) is 4.88. The summed E-state index contributed by atoms with van der Waals surface area (Å²) in [5, 5.41) is 5.67. The fraction of sp³-hybridized carbons (Fsp3) is 0. The minimum atomic E-state index is -4.00. The van der Waals surface area contributed by atoms with Crippen molar-refractivity contribution < 1.29 is 17.2 Å². The average molecular weight is 353 g/mol. The third-order valence-electron chi connectivity index (χ3n) is 2.99. The lowest BCUT2D eigenvalue weighted by molar-refractivity contribution is 0.504. The SMILES string of the molecule is O=S(=O)(Nc1ccc(-c2csnn2)cc1)c1ccc(F)c(F)c1. The Morgan fingerprint density at radius 2 is 1.74 bits per heavy atom. The summed E-state index contributed by atoms with van der Waals surface area (Å²) in [5.41, 5.74) is 1.77. The maximum atomic E-state index is 13.2. The van der Waals surface area contributed by atoms with Crippen LogP contribution in [0.5, 0.6) is 0 Å². The molecular formula is C14H9F2N3O2S2. The molecule has 1 heterocycles. The van der Waals surface area contributed by atoms with Crippen LogP contribution in [0.2, 0.25) is 0 Å². The van der Waals surface area contributed by atoms with Crippen LogP contribution in [0, 0.1) is 11.6 Å². The van der Waals surface area contributed by atoms with Gasteiger partial charge in [-0.1, -0.05) is 16.6 Å². The Balaban J connectivity index is 1.84. The van der Waals surface area contributed by atoms with Crippen molar-refractivity contribution >= 4 is 27.2 Å². The number of hydrogen-bond acceptors (Lipinski definition) is 5. The Morgan fingerprint density at radius 3 is 2.35 bits per heavy atom. The van der Waals surface area contributed by atoms with Crippen molar-refractivity contribution in [3.8, 4) is 11.3 Å². The predicted octanol–water partition coefficient (Wildman–Crippen LogP) is 3.28. The van der Waals surface area contributed by atoms with E-state index < -0.39 is 21.7 Å². The second-order valence-electron chi connectivity index (χ2n) is 4.55. The van der Waals surface area contributed by atoms with Gasteiger partial charge in [0.2, 0.25) is 0 Å². The van der Waals surface area contributed by atoms with Gasteiger partial charge < -0.3 is 0 Å². The maximum Gasteiger partial charge on any atom is 0.261 e. The molecule has 0 bridgehead atoms. The minimum Gasteiger partial charge on any atom is -0.280 e. The van der Waals surface area contributed by atoms with Crippen molar-refractivity contribution in [1.29, 1.82) is 0 Å². The molecule has 118 valence electrons. The number of nitrogens with zero attached hydrogens (tertiary/aromatic N) is 2. The molecule has 3 rings (SSSR count). The summed E-state index contributed by atoms with van der Waals surface area (Å²) in [4.78, 5) is -0.357. The highest BCUT2D eigenvalue weighted by Gasteiger charge is 2.16. The van der Waals surface area contributed by atoms with Crippen molar-refractivity contribution in [2.75, 3.05) is 4.72 Å². The molecule has 9 heteroatoms. The first-order valence-electron chi connectivity index (χ1n) is 6.31. The van der Waals surface area contributed by atoms with Crippen LogP contribution >= 0.6 is 11.5 Å². The molecule has 0 aliphatic rings. The number of halogens is 2. The van der Waals surface area contributed by atoms with Gasteiger partial charge in [-0.25, -0.2) is 17.2 Å². The standard InChI is InChI=1S/C14H9F2N3O2S2/c15-12-6-5-11(7-13(12)16)23(20,21)18-10-3-1-9(2-4-10)14-8-22-19-17-14/h1-8,18H. The van der Waals surface area contributed by atoms with Crippen LogP contribution in [-0.2, 0) is 10.0 Å². The van der Waals surface area contributed by atoms with Gasteiger partial charge in [-0.2, -0.15) is 0 Å². The quantitative estimate of drug-likeness (QED) is 0.781. The van der Waals surface area contributed by atoms with Gasteiger partial charge in [-0.3, -0.25) is 4.72 Å². The Morgan fingerprint density at radius 1 is 1.00 bits per heavy atom. The first-order valence-corrected chi connectivity index (χ1v) is 8.63. The van der Waals surface area contributed by atoms with E-state index in [4.69, 9.17) is 0 Å². The number of sulfonamides is 1. The molecule has 0 unspecified atom stereocenters. The van der Waals surface area contributed by atoms with Crippen LogP contribution in [0.4, 0.5) is 14.5 Å². The van der Waals surface area contributed by atoms with E-state index in [2.05, 4.69) is 14.3 Å². The lowest BCUT2D eigenvalue weighted by Gasteiger charge is -2.08. The highest BCUT2D eigenvalue weighted by atomic mass is 32.2. The number of anilines is 1. The zero-order valence-corrected chi connectivity index (χ0v) is 13.0. The van der Waals surface area contributed by atoms with Gasteiger partial charge in [-0.15, -0.1) is 5.10 Å². The molecular weight excluding hydrogens is 344 g/mol. The smallest absolute Gasteiger partial charge is 0.261 e. The summed E-state index contributed by atoms with van der Waals surface area (Å²) in [6.07, 6.45) is 0. The zero-order valence-electron chi connectivity index (χ0n) is 11.4. The van der Waals surface area contributed by atoms with Crippen LogP contribution < -0.4 is 4.72 Å². The van der Waals surface area contributed by atoms with E-state index in [1.54, 1.807) is 29.6 Å². The topological polar surface area (TPSA) is 72.0 Å². The van der Waals surface area contributed by atoms with Crippen LogP contribution in [0.25, 0.3) is 11.3 Å². The maximum absolute atomic E-state index is 13.2. The van der Waals surface area contributed by atoms with Crippen LogP contribution in [0.1, 0.15) is 0 Å². The van der Waals surface area contributed by atoms with Gasteiger partial charge >= 0.3 is 0 Å². The first kappa shape index (κ1) is 15.5. The van der Waals surface area contributed by atoms with Crippen LogP contribution in [0.15, 0.2) is 52.7 Å². The first-order chi connectivity index (χ1) is 11.0. The van der Waals surface area contributed by atoms with Crippen molar-refractivity contribution in [2.24, 2.45) is 0 Å². The molecule has 1 N–H and O–H groups in total. The molecule has 0 spiro atoms. The molecule has 0 fully saturated rings. The summed E-state index contributed by atoms with van der Waals surface area (Å²) in [6, 6.07) is 8.85. The largest absolute Gasteiger partial charge is 0.280 e. The van der Waals surface area contributed by atoms with Gasteiger partial charge in [0.05, 0.1) is 4.90 Å². The fourth-order valence-electron chi connectivity index (χ4n) is 1.86. The van der Waals surface area contributed by atoms with E-state index in [-0.39, 0.29) is 4.90 Å². The highest BCUT2D eigenvalue weighted by molar-refractivity contribution is 7.92. The van der Waals surface area contributed by atoms with E-state index in [1.165, 1.54) is 11.5 Å². The molecule has 23 heavy (non-hydrogen) atoms. The van der Waals surface area contributed by atoms with Crippen LogP contribution in [-0.4, -0.2) is 18.0 Å². The Hall–Kier alpha value is -2.39. The summed E-state index contributed by atoms with van der Waals surface area (Å²) >= 11 is 1.21. The van der Waals surface area contributed by atoms with Gasteiger partial charge in [0, 0.05) is 16.6 Å². The van der Waals surface area contributed by atoms with Crippen molar-refractivity contribution in [3.05, 3.63) is 59.5 Å². The Labute approximate surface area is 134 Å². The van der Waals surface area contributed by atoms with Crippen molar-refractivity contribution in [3.63, 3.8) is 0 Å². The third kappa shape index (κ3) is 3.35. The molecule has 0 saturated carbocycles. The molecule has 0 amide bonds. The lowest BCUT2D eigenvalue weighted by Crippen LogP contribution is -2.13. The van der Waals surface area contributed by atoms with Gasteiger partial charge in [-0.05, 0) is 41.9 Å². The Kier molecular flexibility index (Phi) is 4.05. The summed E-state index contributed by atoms with van der Waals surface area (Å²) in [7, 11) is -4.00. The molecule has 3 aromatic rings. The highest BCUT2D eigenvalue weighted by Crippen LogP contribution is 2.22. The number of aromatic nitrogens is 2. The van der Waals surface area contributed by atoms with Gasteiger partial charge in [0.15, 0.2) is 11.6 Å². The summed E-state index contributed by atoms with van der Waals surface area (Å²) in [6.45, 7) is 0. The number of benzene rings is 2. The summed E-state index contributed by atoms with van der Waals surface area (Å²) < 4.78 is 56.4. The van der Waals surface area contributed by atoms with E-state index in [9.17, 15) is 17.2 Å². The molecule has 0 aliphatic heterocycles. The van der Waals surface area contributed by atoms with E-state index >= 15 is 0 Å². The van der Waals surface area contributed by atoms with E-state index in [1.807, 2.05) is 0 Å². The molecule has 2 aromatic carbocycles. The van der Waals surface area contributed by atoms with E-state index in [0.29, 0.717) is 17.4 Å². The zero-order chi connectivity index (χ0) is 16.4. The average Bonchev–Trinajstić information content (AvgIpc) is 3.04. The van der Waals surface area contributed by atoms with Crippen molar-refractivity contribution in [2.45, 2.75) is 4.90 Å². The summed E-state index contributed by atoms with van der Waals surface area (Å²) in [5.74, 6) is -2.33. The predicted molar refractivity (Wildman–Crippen MR) is 82.5 cm³/mol. The molecule has 0 aliphatic carbocycles. The molecule has 0 radical (unpaired) electrons. The van der Waals surface area contributed by atoms with E-state index in [0.717, 1.165) is 17.7 Å². The second kappa shape index (κ2) is 6.01. The molecule has 1 aromatic heterocycles. The second-order valence-corrected chi connectivity index (χ2v) is 6.84. The normalized spacial score (nSPS) is 11.4. The fourth-order valence-corrected chi connectivity index (χ4v) is 3.39. The molecule has 0 saturated heterocycles. The lowest BCUT2D eigenvalue weighted by atomic mass is 10.2. The number of rotatable bonds is 4. The van der Waals surface area contributed by atoms with Gasteiger partial charge in [0.25, 0.3) is 10.0 Å². The Bertz CT molecular complexity index is 927. The van der Waals surface area contributed by atoms with Crippen molar-refractivity contribution in [1.82, 2.24) is 9.59 Å². The number of nitrogens with one attached hydrogen (secondary N) is 1. The molecule has 5 nitrogen and oxygen atoms in total. The van der Waals surface area contributed by atoms with Gasteiger partial charge in [0.1, 0.15) is 5.69 Å². The number of hydrogen-bond donors (Lipinski definition) is 1. The monoisotopic (exact) mass is 353 g/mol. The minimum absolute atomic E-state index is 0.293. The molecule has 0 atom stereocenters.